The second-order valence-corrected chi connectivity index (χ2v) is 10.9. The Bertz CT molecular complexity index is 1260. The lowest BCUT2D eigenvalue weighted by Crippen LogP contribution is -2.23. The molecule has 1 aliphatic rings. The molecule has 3 aromatic rings. The highest BCUT2D eigenvalue weighted by atomic mass is 32.2. The van der Waals surface area contributed by atoms with Gasteiger partial charge in [0.2, 0.25) is 15.7 Å². The molecule has 1 aromatic heterocycles. The summed E-state index contributed by atoms with van der Waals surface area (Å²) in [7, 11) is -2.19. The number of benzene rings is 2. The summed E-state index contributed by atoms with van der Waals surface area (Å²) < 4.78 is 37.9. The van der Waals surface area contributed by atoms with Gasteiger partial charge < -0.3 is 14.8 Å². The maximum absolute atomic E-state index is 13.3. The van der Waals surface area contributed by atoms with Gasteiger partial charge in [0.25, 0.3) is 0 Å². The number of nitrogens with one attached hydrogen (secondary N) is 1. The number of aryl methyl sites for hydroxylation is 1. The molecule has 0 radical (unpaired) electrons. The van der Waals surface area contributed by atoms with Crippen molar-refractivity contribution in [2.45, 2.75) is 49.0 Å². The SMILES string of the molecule is COc1cc(C2CC(=O)Nc3c(S(=O)(=O)c4ccc(C)cc4)csc32)ccc1OC(C)C. The van der Waals surface area contributed by atoms with E-state index in [0.717, 1.165) is 16.0 Å². The number of anilines is 1. The van der Waals surface area contributed by atoms with E-state index in [2.05, 4.69) is 5.32 Å². The van der Waals surface area contributed by atoms with Gasteiger partial charge in [-0.05, 0) is 50.6 Å². The van der Waals surface area contributed by atoms with Crippen LogP contribution in [0.2, 0.25) is 0 Å². The summed E-state index contributed by atoms with van der Waals surface area (Å²) in [6, 6.07) is 12.3. The highest BCUT2D eigenvalue weighted by molar-refractivity contribution is 7.91. The number of thiophene rings is 1. The van der Waals surface area contributed by atoms with Crippen LogP contribution < -0.4 is 14.8 Å². The molecule has 32 heavy (non-hydrogen) atoms. The van der Waals surface area contributed by atoms with Crippen LogP contribution in [0, 0.1) is 6.92 Å². The molecule has 2 heterocycles. The van der Waals surface area contributed by atoms with Crippen LogP contribution in [0.5, 0.6) is 11.5 Å². The first-order valence-electron chi connectivity index (χ1n) is 10.3. The summed E-state index contributed by atoms with van der Waals surface area (Å²) in [6.45, 7) is 5.78. The molecule has 0 saturated carbocycles. The van der Waals surface area contributed by atoms with Crippen LogP contribution in [0.25, 0.3) is 0 Å². The molecule has 1 atom stereocenters. The van der Waals surface area contributed by atoms with E-state index in [4.69, 9.17) is 9.47 Å². The zero-order chi connectivity index (χ0) is 23.0. The Labute approximate surface area is 192 Å². The first-order valence-corrected chi connectivity index (χ1v) is 12.6. The highest BCUT2D eigenvalue weighted by Crippen LogP contribution is 2.47. The fourth-order valence-corrected chi connectivity index (χ4v) is 6.68. The van der Waals surface area contributed by atoms with Gasteiger partial charge in [0, 0.05) is 22.6 Å². The van der Waals surface area contributed by atoms with Gasteiger partial charge in [-0.25, -0.2) is 8.42 Å². The molecule has 1 N–H and O–H groups in total. The number of sulfone groups is 1. The van der Waals surface area contributed by atoms with Gasteiger partial charge in [-0.3, -0.25) is 4.79 Å². The lowest BCUT2D eigenvalue weighted by atomic mass is 9.90. The van der Waals surface area contributed by atoms with E-state index in [9.17, 15) is 13.2 Å². The molecule has 168 valence electrons. The summed E-state index contributed by atoms with van der Waals surface area (Å²) in [6.07, 6.45) is 0.221. The number of fused-ring (bicyclic) bond motifs is 1. The quantitative estimate of drug-likeness (QED) is 0.537. The maximum atomic E-state index is 13.3. The molecule has 2 aromatic carbocycles. The van der Waals surface area contributed by atoms with Gasteiger partial charge in [-0.2, -0.15) is 0 Å². The van der Waals surface area contributed by atoms with E-state index in [-0.39, 0.29) is 34.1 Å². The Morgan fingerprint density at radius 3 is 2.47 bits per heavy atom. The lowest BCUT2D eigenvalue weighted by Gasteiger charge is -2.24. The summed E-state index contributed by atoms with van der Waals surface area (Å²) in [5.74, 6) is 0.712. The average molecular weight is 472 g/mol. The predicted octanol–water partition coefficient (Wildman–Crippen LogP) is 5.16. The van der Waals surface area contributed by atoms with Crippen molar-refractivity contribution < 1.29 is 22.7 Å². The van der Waals surface area contributed by atoms with Crippen LogP contribution in [0.1, 0.15) is 42.2 Å². The summed E-state index contributed by atoms with van der Waals surface area (Å²) in [5.41, 5.74) is 2.22. The first-order chi connectivity index (χ1) is 15.2. The first kappa shape index (κ1) is 22.4. The van der Waals surface area contributed by atoms with Crippen molar-refractivity contribution in [3.8, 4) is 11.5 Å². The average Bonchev–Trinajstić information content (AvgIpc) is 3.18. The monoisotopic (exact) mass is 471 g/mol. The van der Waals surface area contributed by atoms with Crippen molar-refractivity contribution in [1.82, 2.24) is 0 Å². The molecular weight excluding hydrogens is 446 g/mol. The second-order valence-electron chi connectivity index (χ2n) is 8.04. The molecular formula is C24H25NO5S2. The zero-order valence-corrected chi connectivity index (χ0v) is 20.0. The van der Waals surface area contributed by atoms with Crippen molar-refractivity contribution in [3.63, 3.8) is 0 Å². The fraction of sp³-hybridized carbons (Fsp3) is 0.292. The van der Waals surface area contributed by atoms with Gasteiger partial charge in [-0.1, -0.05) is 23.8 Å². The third-order valence-electron chi connectivity index (χ3n) is 5.33. The largest absolute Gasteiger partial charge is 0.493 e. The standard InChI is InChI=1S/C24H25NO5S2/c1-14(2)30-19-10-7-16(11-20(19)29-4)18-12-22(26)25-23-21(13-31-24(18)23)32(27,28)17-8-5-15(3)6-9-17/h5-11,13-14,18H,12H2,1-4H3,(H,25,26). The van der Waals surface area contributed by atoms with E-state index < -0.39 is 9.84 Å². The van der Waals surface area contributed by atoms with Gasteiger partial charge in [0.1, 0.15) is 4.90 Å². The third kappa shape index (κ3) is 4.12. The number of carbonyl (C=O) groups excluding carboxylic acids is 1. The molecule has 0 fully saturated rings. The molecule has 1 aliphatic heterocycles. The lowest BCUT2D eigenvalue weighted by molar-refractivity contribution is -0.116. The van der Waals surface area contributed by atoms with Crippen molar-refractivity contribution in [2.75, 3.05) is 12.4 Å². The Morgan fingerprint density at radius 1 is 1.09 bits per heavy atom. The van der Waals surface area contributed by atoms with Crippen molar-refractivity contribution in [3.05, 3.63) is 63.8 Å². The van der Waals surface area contributed by atoms with E-state index in [1.54, 1.807) is 36.8 Å². The predicted molar refractivity (Wildman–Crippen MR) is 125 cm³/mol. The van der Waals surface area contributed by atoms with Crippen LogP contribution in [-0.4, -0.2) is 27.5 Å². The Balaban J connectivity index is 1.77. The zero-order valence-electron chi connectivity index (χ0n) is 18.3. The van der Waals surface area contributed by atoms with E-state index >= 15 is 0 Å². The topological polar surface area (TPSA) is 81.7 Å². The van der Waals surface area contributed by atoms with Crippen LogP contribution in [0.15, 0.2) is 57.6 Å². The smallest absolute Gasteiger partial charge is 0.225 e. The Morgan fingerprint density at radius 2 is 1.81 bits per heavy atom. The fourth-order valence-electron chi connectivity index (χ4n) is 3.77. The number of hydrogen-bond acceptors (Lipinski definition) is 6. The molecule has 6 nitrogen and oxygen atoms in total. The van der Waals surface area contributed by atoms with Gasteiger partial charge in [-0.15, -0.1) is 11.3 Å². The van der Waals surface area contributed by atoms with Gasteiger partial charge in [0.15, 0.2) is 11.5 Å². The summed E-state index contributed by atoms with van der Waals surface area (Å²) in [5, 5.41) is 4.41. The van der Waals surface area contributed by atoms with Crippen LogP contribution in [0.4, 0.5) is 5.69 Å². The third-order valence-corrected chi connectivity index (χ3v) is 8.37. The number of amides is 1. The van der Waals surface area contributed by atoms with Crippen molar-refractivity contribution in [1.29, 1.82) is 0 Å². The van der Waals surface area contributed by atoms with Gasteiger partial charge >= 0.3 is 0 Å². The number of hydrogen-bond donors (Lipinski definition) is 1. The summed E-state index contributed by atoms with van der Waals surface area (Å²) in [4.78, 5) is 13.7. The molecule has 0 saturated heterocycles. The van der Waals surface area contributed by atoms with Crippen molar-refractivity contribution in [2.24, 2.45) is 0 Å². The molecule has 1 unspecified atom stereocenters. The molecule has 0 spiro atoms. The van der Waals surface area contributed by atoms with Crippen LogP contribution in [0.3, 0.4) is 0 Å². The Hall–Kier alpha value is -2.84. The number of ether oxygens (including phenoxy) is 2. The Kier molecular flexibility index (Phi) is 6.01. The molecule has 0 aliphatic carbocycles. The molecule has 1 amide bonds. The van der Waals surface area contributed by atoms with E-state index in [1.807, 2.05) is 39.0 Å². The number of carbonyl (C=O) groups is 1. The van der Waals surface area contributed by atoms with Crippen LogP contribution in [-0.2, 0) is 14.6 Å². The maximum Gasteiger partial charge on any atom is 0.225 e. The highest BCUT2D eigenvalue weighted by Gasteiger charge is 2.34. The number of rotatable bonds is 6. The molecule has 8 heteroatoms. The van der Waals surface area contributed by atoms with E-state index in [1.165, 1.54) is 11.3 Å². The molecule has 0 bridgehead atoms. The van der Waals surface area contributed by atoms with Crippen molar-refractivity contribution >= 4 is 32.8 Å². The number of methoxy groups -OCH3 is 1. The molecule has 4 rings (SSSR count). The normalized spacial score (nSPS) is 15.9. The van der Waals surface area contributed by atoms with E-state index in [0.29, 0.717) is 17.2 Å². The minimum Gasteiger partial charge on any atom is -0.493 e. The van der Waals surface area contributed by atoms with Crippen LogP contribution >= 0.6 is 11.3 Å². The minimum absolute atomic E-state index is 0.00588. The van der Waals surface area contributed by atoms with Gasteiger partial charge in [0.05, 0.1) is 23.8 Å². The second kappa shape index (κ2) is 8.60. The summed E-state index contributed by atoms with van der Waals surface area (Å²) >= 11 is 1.34. The minimum atomic E-state index is -3.76.